The minimum absolute atomic E-state index is 0.0183. The molecule has 1 saturated heterocycles. The second kappa shape index (κ2) is 7.78. The van der Waals surface area contributed by atoms with Crippen LogP contribution in [0.4, 0.5) is 14.6 Å². The largest absolute Gasteiger partial charge is 0.477 e. The first-order valence-electron chi connectivity index (χ1n) is 8.64. The lowest BCUT2D eigenvalue weighted by Gasteiger charge is -2.39. The van der Waals surface area contributed by atoms with Crippen molar-refractivity contribution in [2.75, 3.05) is 31.1 Å². The number of aromatic nitrogens is 1. The number of halogens is 2. The van der Waals surface area contributed by atoms with E-state index in [1.807, 2.05) is 11.8 Å². The molecule has 2 aromatic rings. The van der Waals surface area contributed by atoms with Crippen LogP contribution in [0, 0.1) is 11.6 Å². The summed E-state index contributed by atoms with van der Waals surface area (Å²) in [6.45, 7) is 4.69. The number of rotatable bonds is 5. The molecule has 2 heterocycles. The zero-order valence-corrected chi connectivity index (χ0v) is 14.5. The number of hydrogen-bond acceptors (Lipinski definition) is 4. The summed E-state index contributed by atoms with van der Waals surface area (Å²) in [5, 5.41) is 9.07. The zero-order chi connectivity index (χ0) is 18.7. The standard InChI is InChI=1S/C19H21F2N3O2/c1-2-17(14-7-6-13(20)12-15(14)21)23-8-10-24(11-9-23)18-5-3-4-16(22-18)19(25)26/h3-7,12,17H,2,8-11H2,1H3,(H,25,26). The third-order valence-corrected chi connectivity index (χ3v) is 4.74. The van der Waals surface area contributed by atoms with Crippen LogP contribution in [0.25, 0.3) is 0 Å². The summed E-state index contributed by atoms with van der Waals surface area (Å²) in [6, 6.07) is 8.56. The molecule has 0 spiro atoms. The molecule has 1 unspecified atom stereocenters. The fourth-order valence-corrected chi connectivity index (χ4v) is 3.43. The van der Waals surface area contributed by atoms with Gasteiger partial charge in [0.25, 0.3) is 0 Å². The Labute approximate surface area is 150 Å². The number of nitrogens with zero attached hydrogens (tertiary/aromatic N) is 3. The molecule has 1 fully saturated rings. The topological polar surface area (TPSA) is 56.7 Å². The van der Waals surface area contributed by atoms with E-state index in [0.717, 1.165) is 12.5 Å². The Morgan fingerprint density at radius 1 is 1.19 bits per heavy atom. The van der Waals surface area contributed by atoms with Gasteiger partial charge in [0.15, 0.2) is 5.69 Å². The van der Waals surface area contributed by atoms with Crippen molar-refractivity contribution in [3.63, 3.8) is 0 Å². The van der Waals surface area contributed by atoms with Crippen LogP contribution in [0.5, 0.6) is 0 Å². The van der Waals surface area contributed by atoms with E-state index in [4.69, 9.17) is 5.11 Å². The summed E-state index contributed by atoms with van der Waals surface area (Å²) in [7, 11) is 0. The Kier molecular flexibility index (Phi) is 5.46. The van der Waals surface area contributed by atoms with Crippen LogP contribution in [0.1, 0.15) is 35.4 Å². The maximum atomic E-state index is 14.2. The molecule has 0 amide bonds. The maximum Gasteiger partial charge on any atom is 0.354 e. The fourth-order valence-electron chi connectivity index (χ4n) is 3.43. The first-order chi connectivity index (χ1) is 12.5. The van der Waals surface area contributed by atoms with Gasteiger partial charge in [0.1, 0.15) is 17.5 Å². The third kappa shape index (κ3) is 3.83. The van der Waals surface area contributed by atoms with Crippen molar-refractivity contribution < 1.29 is 18.7 Å². The van der Waals surface area contributed by atoms with Crippen LogP contribution in [0.2, 0.25) is 0 Å². The lowest BCUT2D eigenvalue weighted by atomic mass is 10.0. The quantitative estimate of drug-likeness (QED) is 0.885. The number of anilines is 1. The molecule has 0 saturated carbocycles. The predicted octanol–water partition coefficient (Wildman–Crippen LogP) is 3.33. The number of carboxylic acid groups (broad SMARTS) is 1. The van der Waals surface area contributed by atoms with E-state index in [-0.39, 0.29) is 11.7 Å². The van der Waals surface area contributed by atoms with Crippen molar-refractivity contribution in [1.82, 2.24) is 9.88 Å². The van der Waals surface area contributed by atoms with Gasteiger partial charge in [-0.3, -0.25) is 4.90 Å². The highest BCUT2D eigenvalue weighted by Crippen LogP contribution is 2.28. The van der Waals surface area contributed by atoms with Crippen molar-refractivity contribution in [2.45, 2.75) is 19.4 Å². The molecule has 1 aliphatic heterocycles. The smallest absolute Gasteiger partial charge is 0.354 e. The van der Waals surface area contributed by atoms with Gasteiger partial charge in [-0.1, -0.05) is 19.1 Å². The van der Waals surface area contributed by atoms with Crippen molar-refractivity contribution in [2.24, 2.45) is 0 Å². The van der Waals surface area contributed by atoms with Gasteiger partial charge in [-0.05, 0) is 24.6 Å². The maximum absolute atomic E-state index is 14.2. The number of carboxylic acids is 1. The number of hydrogen-bond donors (Lipinski definition) is 1. The Morgan fingerprint density at radius 3 is 2.54 bits per heavy atom. The average Bonchev–Trinajstić information content (AvgIpc) is 2.64. The lowest BCUT2D eigenvalue weighted by molar-refractivity contribution is 0.0690. The zero-order valence-electron chi connectivity index (χ0n) is 14.5. The van der Waals surface area contributed by atoms with Crippen molar-refractivity contribution >= 4 is 11.8 Å². The van der Waals surface area contributed by atoms with Gasteiger partial charge in [-0.15, -0.1) is 0 Å². The minimum atomic E-state index is -1.05. The average molecular weight is 361 g/mol. The molecule has 1 aliphatic rings. The Bertz CT molecular complexity index is 792. The summed E-state index contributed by atoms with van der Waals surface area (Å²) in [5.41, 5.74) is 0.526. The van der Waals surface area contributed by atoms with Crippen LogP contribution >= 0.6 is 0 Å². The Balaban J connectivity index is 1.71. The highest BCUT2D eigenvalue weighted by molar-refractivity contribution is 5.85. The van der Waals surface area contributed by atoms with Gasteiger partial charge in [0.05, 0.1) is 0 Å². The molecule has 7 heteroatoms. The first kappa shape index (κ1) is 18.3. The molecule has 3 rings (SSSR count). The SMILES string of the molecule is CCC(c1ccc(F)cc1F)N1CCN(c2cccc(C(=O)O)n2)CC1. The monoisotopic (exact) mass is 361 g/mol. The molecule has 1 aromatic heterocycles. The number of aromatic carboxylic acids is 1. The number of piperazine rings is 1. The second-order valence-corrected chi connectivity index (χ2v) is 6.30. The van der Waals surface area contributed by atoms with E-state index < -0.39 is 17.6 Å². The number of benzene rings is 1. The molecule has 138 valence electrons. The van der Waals surface area contributed by atoms with E-state index in [1.54, 1.807) is 12.1 Å². The molecule has 0 radical (unpaired) electrons. The normalized spacial score (nSPS) is 16.5. The van der Waals surface area contributed by atoms with E-state index in [9.17, 15) is 13.6 Å². The van der Waals surface area contributed by atoms with Crippen molar-refractivity contribution in [3.8, 4) is 0 Å². The second-order valence-electron chi connectivity index (χ2n) is 6.30. The highest BCUT2D eigenvalue weighted by Gasteiger charge is 2.26. The van der Waals surface area contributed by atoms with Gasteiger partial charge in [0.2, 0.25) is 0 Å². The molecule has 0 aliphatic carbocycles. The third-order valence-electron chi connectivity index (χ3n) is 4.74. The van der Waals surface area contributed by atoms with Crippen molar-refractivity contribution in [3.05, 3.63) is 59.3 Å². The van der Waals surface area contributed by atoms with Gasteiger partial charge in [-0.25, -0.2) is 18.6 Å². The number of carbonyl (C=O) groups is 1. The highest BCUT2D eigenvalue weighted by atomic mass is 19.1. The van der Waals surface area contributed by atoms with Crippen LogP contribution in [-0.2, 0) is 0 Å². The molecule has 0 bridgehead atoms. The lowest BCUT2D eigenvalue weighted by Crippen LogP contribution is -2.48. The summed E-state index contributed by atoms with van der Waals surface area (Å²) >= 11 is 0. The van der Waals surface area contributed by atoms with Crippen LogP contribution in [0.15, 0.2) is 36.4 Å². The van der Waals surface area contributed by atoms with Gasteiger partial charge in [0, 0.05) is 43.9 Å². The van der Waals surface area contributed by atoms with Gasteiger partial charge in [-0.2, -0.15) is 0 Å². The Morgan fingerprint density at radius 2 is 1.92 bits per heavy atom. The van der Waals surface area contributed by atoms with Crippen molar-refractivity contribution in [1.29, 1.82) is 0 Å². The van der Waals surface area contributed by atoms with E-state index in [1.165, 1.54) is 18.2 Å². The van der Waals surface area contributed by atoms with Crippen LogP contribution in [-0.4, -0.2) is 47.1 Å². The summed E-state index contributed by atoms with van der Waals surface area (Å²) in [5.74, 6) is -1.51. The molecule has 1 atom stereocenters. The predicted molar refractivity (Wildman–Crippen MR) is 94.4 cm³/mol. The molecular weight excluding hydrogens is 340 g/mol. The number of pyridine rings is 1. The van der Waals surface area contributed by atoms with E-state index >= 15 is 0 Å². The fraction of sp³-hybridized carbons (Fsp3) is 0.368. The molecule has 1 aromatic carbocycles. The summed E-state index contributed by atoms with van der Waals surface area (Å²) < 4.78 is 27.3. The molecule has 1 N–H and O–H groups in total. The van der Waals surface area contributed by atoms with Gasteiger partial charge >= 0.3 is 5.97 Å². The molecular formula is C19H21F2N3O2. The molecule has 5 nitrogen and oxygen atoms in total. The first-order valence-corrected chi connectivity index (χ1v) is 8.64. The van der Waals surface area contributed by atoms with Crippen LogP contribution in [0.3, 0.4) is 0 Å². The molecule has 26 heavy (non-hydrogen) atoms. The van der Waals surface area contributed by atoms with Crippen LogP contribution < -0.4 is 4.90 Å². The summed E-state index contributed by atoms with van der Waals surface area (Å²) in [6.07, 6.45) is 0.718. The summed E-state index contributed by atoms with van der Waals surface area (Å²) in [4.78, 5) is 19.5. The minimum Gasteiger partial charge on any atom is -0.477 e. The Hall–Kier alpha value is -2.54. The van der Waals surface area contributed by atoms with E-state index in [2.05, 4.69) is 9.88 Å². The van der Waals surface area contributed by atoms with E-state index in [0.29, 0.717) is 37.6 Å². The van der Waals surface area contributed by atoms with Gasteiger partial charge < -0.3 is 10.0 Å².